The summed E-state index contributed by atoms with van der Waals surface area (Å²) in [6, 6.07) is 18.5. The highest BCUT2D eigenvalue weighted by molar-refractivity contribution is 7.12. The topological polar surface area (TPSA) is 94.6 Å². The number of hydrogen-bond donors (Lipinski definition) is 1. The minimum Gasteiger partial charge on any atom is -0.493 e. The van der Waals surface area contributed by atoms with Gasteiger partial charge in [-0.15, -0.1) is 11.3 Å². The van der Waals surface area contributed by atoms with Crippen LogP contribution in [0.3, 0.4) is 0 Å². The molecule has 0 radical (unpaired) electrons. The number of fused-ring (bicyclic) bond motifs is 1. The summed E-state index contributed by atoms with van der Waals surface area (Å²) < 4.78 is 17.3. The third-order valence-corrected chi connectivity index (χ3v) is 6.21. The molecule has 2 heterocycles. The molecule has 7 heteroatoms. The number of allylic oxidation sites excluding steroid dienone is 1. The number of nitrogens with two attached hydrogens (primary N) is 1. The number of carbonyl (C=O) groups is 1. The second-order valence-corrected chi connectivity index (χ2v) is 8.53. The number of hydrogen-bond acceptors (Lipinski definition) is 7. The van der Waals surface area contributed by atoms with Crippen LogP contribution in [0.4, 0.5) is 0 Å². The molecule has 0 saturated carbocycles. The number of unbranched alkanes of at least 4 members (excludes halogenated alkanes) is 2. The van der Waals surface area contributed by atoms with Crippen molar-refractivity contribution in [2.75, 3.05) is 6.61 Å². The number of esters is 1. The number of ether oxygens (including phenoxy) is 3. The van der Waals surface area contributed by atoms with E-state index in [1.807, 2.05) is 29.6 Å². The zero-order valence-corrected chi connectivity index (χ0v) is 19.1. The zero-order valence-electron chi connectivity index (χ0n) is 18.2. The Bertz CT molecular complexity index is 1210. The Balaban J connectivity index is 1.67. The highest BCUT2D eigenvalue weighted by atomic mass is 32.1. The predicted octanol–water partition coefficient (Wildman–Crippen LogP) is 5.75. The quantitative estimate of drug-likeness (QED) is 0.261. The average Bonchev–Trinajstić information content (AvgIpc) is 3.36. The molecule has 1 unspecified atom stereocenters. The van der Waals surface area contributed by atoms with E-state index in [9.17, 15) is 10.1 Å². The van der Waals surface area contributed by atoms with Gasteiger partial charge in [0, 0.05) is 17.2 Å². The molecule has 168 valence electrons. The van der Waals surface area contributed by atoms with Crippen LogP contribution < -0.4 is 19.9 Å². The van der Waals surface area contributed by atoms with Gasteiger partial charge in [-0.25, -0.2) is 4.79 Å². The van der Waals surface area contributed by atoms with Crippen molar-refractivity contribution in [2.45, 2.75) is 32.1 Å². The molecule has 0 spiro atoms. The molecule has 0 amide bonds. The van der Waals surface area contributed by atoms with Crippen LogP contribution in [-0.2, 0) is 0 Å². The molecule has 3 aromatic rings. The van der Waals surface area contributed by atoms with E-state index >= 15 is 0 Å². The maximum atomic E-state index is 12.3. The van der Waals surface area contributed by atoms with Crippen LogP contribution in [0.2, 0.25) is 0 Å². The van der Waals surface area contributed by atoms with Crippen LogP contribution >= 0.6 is 11.3 Å². The van der Waals surface area contributed by atoms with Gasteiger partial charge in [0.2, 0.25) is 5.88 Å². The molecule has 6 nitrogen and oxygen atoms in total. The maximum Gasteiger partial charge on any atom is 0.353 e. The minimum absolute atomic E-state index is 0.0255. The Morgan fingerprint density at radius 2 is 2.00 bits per heavy atom. The van der Waals surface area contributed by atoms with Gasteiger partial charge in [0.15, 0.2) is 0 Å². The second kappa shape index (κ2) is 10.2. The molecule has 1 atom stereocenters. The van der Waals surface area contributed by atoms with Gasteiger partial charge in [0.25, 0.3) is 0 Å². The van der Waals surface area contributed by atoms with Crippen molar-refractivity contribution >= 4 is 17.3 Å². The Labute approximate surface area is 196 Å². The zero-order chi connectivity index (χ0) is 23.2. The monoisotopic (exact) mass is 460 g/mol. The Hall–Kier alpha value is -3.76. The first-order valence-corrected chi connectivity index (χ1v) is 11.7. The van der Waals surface area contributed by atoms with E-state index in [1.165, 1.54) is 11.3 Å². The summed E-state index contributed by atoms with van der Waals surface area (Å²) in [7, 11) is 0. The van der Waals surface area contributed by atoms with Crippen LogP contribution in [0.25, 0.3) is 0 Å². The van der Waals surface area contributed by atoms with Gasteiger partial charge in [0.05, 0.1) is 12.5 Å². The number of nitriles is 1. The van der Waals surface area contributed by atoms with E-state index in [-0.39, 0.29) is 5.88 Å². The number of benzene rings is 2. The van der Waals surface area contributed by atoms with Crippen LogP contribution in [0, 0.1) is 11.3 Å². The van der Waals surface area contributed by atoms with Crippen molar-refractivity contribution in [1.29, 1.82) is 5.26 Å². The smallest absolute Gasteiger partial charge is 0.353 e. The highest BCUT2D eigenvalue weighted by Gasteiger charge is 2.33. The first-order valence-electron chi connectivity index (χ1n) is 10.8. The highest BCUT2D eigenvalue weighted by Crippen LogP contribution is 2.46. The third kappa shape index (κ3) is 4.86. The SMILES string of the molecule is CCCCCOc1ccccc1C1C(C#N)=C(N)Oc2cc(OC(=O)c3cccs3)ccc21. The lowest BCUT2D eigenvalue weighted by Gasteiger charge is -2.28. The fraction of sp³-hybridized carbons (Fsp3) is 0.231. The molecule has 1 aromatic heterocycles. The number of para-hydroxylation sites is 1. The van der Waals surface area contributed by atoms with Crippen LogP contribution in [0.5, 0.6) is 17.2 Å². The maximum absolute atomic E-state index is 12.3. The molecular weight excluding hydrogens is 436 g/mol. The van der Waals surface area contributed by atoms with E-state index in [0.717, 1.165) is 30.4 Å². The summed E-state index contributed by atoms with van der Waals surface area (Å²) in [4.78, 5) is 12.8. The first kappa shape index (κ1) is 22.4. The standard InChI is InChI=1S/C26H24N2O4S/c1-2-3-6-13-30-21-9-5-4-8-18(21)24-19-12-11-17(31-26(29)23-10-7-14-33-23)15-22(19)32-25(28)20(24)16-27/h4-5,7-12,14-15,24H,2-3,6,13,28H2,1H3. The summed E-state index contributed by atoms with van der Waals surface area (Å²) in [6.07, 6.45) is 3.15. The fourth-order valence-corrected chi connectivity index (χ4v) is 4.35. The molecule has 0 fully saturated rings. The lowest BCUT2D eigenvalue weighted by Crippen LogP contribution is -2.21. The molecule has 33 heavy (non-hydrogen) atoms. The third-order valence-electron chi connectivity index (χ3n) is 5.36. The van der Waals surface area contributed by atoms with Gasteiger partial charge in [-0.1, -0.05) is 50.1 Å². The van der Waals surface area contributed by atoms with Crippen LogP contribution in [0.1, 0.15) is 52.9 Å². The molecule has 2 aromatic carbocycles. The van der Waals surface area contributed by atoms with E-state index < -0.39 is 11.9 Å². The molecule has 0 bridgehead atoms. The van der Waals surface area contributed by atoms with Gasteiger partial charge < -0.3 is 19.9 Å². The van der Waals surface area contributed by atoms with E-state index in [0.29, 0.717) is 34.3 Å². The van der Waals surface area contributed by atoms with Gasteiger partial charge in [-0.3, -0.25) is 0 Å². The van der Waals surface area contributed by atoms with Crippen molar-refractivity contribution < 1.29 is 19.0 Å². The predicted molar refractivity (Wildman–Crippen MR) is 126 cm³/mol. The van der Waals surface area contributed by atoms with Crippen LogP contribution in [0.15, 0.2) is 71.4 Å². The van der Waals surface area contributed by atoms with Crippen LogP contribution in [-0.4, -0.2) is 12.6 Å². The van der Waals surface area contributed by atoms with Gasteiger partial charge >= 0.3 is 5.97 Å². The molecule has 1 aliphatic rings. The van der Waals surface area contributed by atoms with Crippen molar-refractivity contribution in [1.82, 2.24) is 0 Å². The summed E-state index contributed by atoms with van der Waals surface area (Å²) in [5.74, 6) is 0.613. The van der Waals surface area contributed by atoms with Gasteiger partial charge in [0.1, 0.15) is 33.8 Å². The van der Waals surface area contributed by atoms with E-state index in [4.69, 9.17) is 19.9 Å². The average molecular weight is 461 g/mol. The Kier molecular flexibility index (Phi) is 6.96. The lowest BCUT2D eigenvalue weighted by atomic mass is 9.83. The molecular formula is C26H24N2O4S. The lowest BCUT2D eigenvalue weighted by molar-refractivity contribution is 0.0739. The molecule has 2 N–H and O–H groups in total. The molecule has 0 aliphatic carbocycles. The van der Waals surface area contributed by atoms with Gasteiger partial charge in [-0.05, 0) is 30.0 Å². The Morgan fingerprint density at radius 3 is 2.76 bits per heavy atom. The van der Waals surface area contributed by atoms with E-state index in [2.05, 4.69) is 13.0 Å². The van der Waals surface area contributed by atoms with Crippen molar-refractivity contribution in [2.24, 2.45) is 5.73 Å². The summed E-state index contributed by atoms with van der Waals surface area (Å²) in [5, 5.41) is 11.7. The minimum atomic E-state index is -0.455. The normalized spacial score (nSPS) is 14.7. The first-order chi connectivity index (χ1) is 16.1. The van der Waals surface area contributed by atoms with Crippen molar-refractivity contribution in [3.8, 4) is 23.3 Å². The summed E-state index contributed by atoms with van der Waals surface area (Å²) in [5.41, 5.74) is 8.04. The number of nitrogens with zero attached hydrogens (tertiary/aromatic N) is 1. The summed E-state index contributed by atoms with van der Waals surface area (Å²) in [6.45, 7) is 2.74. The second-order valence-electron chi connectivity index (χ2n) is 7.58. The number of thiophene rings is 1. The van der Waals surface area contributed by atoms with E-state index in [1.54, 1.807) is 30.3 Å². The number of carbonyl (C=O) groups excluding carboxylic acids is 1. The molecule has 1 aliphatic heterocycles. The fourth-order valence-electron chi connectivity index (χ4n) is 3.76. The largest absolute Gasteiger partial charge is 0.493 e. The van der Waals surface area contributed by atoms with Crippen molar-refractivity contribution in [3.05, 3.63) is 87.4 Å². The summed E-state index contributed by atoms with van der Waals surface area (Å²) >= 11 is 1.31. The number of rotatable bonds is 8. The van der Waals surface area contributed by atoms with Crippen molar-refractivity contribution in [3.63, 3.8) is 0 Å². The molecule has 0 saturated heterocycles. The Morgan fingerprint density at radius 1 is 1.15 bits per heavy atom. The van der Waals surface area contributed by atoms with Gasteiger partial charge in [-0.2, -0.15) is 5.26 Å². The molecule has 4 rings (SSSR count).